The fourth-order valence-corrected chi connectivity index (χ4v) is 13.9. The highest BCUT2D eigenvalue weighted by atomic mass is 16.7. The predicted molar refractivity (Wildman–Crippen MR) is 199 cm³/mol. The molecule has 2 aliphatic heterocycles. The predicted octanol–water partition coefficient (Wildman–Crippen LogP) is 1.24. The summed E-state index contributed by atoms with van der Waals surface area (Å²) in [5, 5.41) is 94.3. The lowest BCUT2D eigenvalue weighted by atomic mass is 9.33. The molecule has 0 radical (unpaired) electrons. The molecule has 7 rings (SSSR count). The third kappa shape index (κ3) is 6.14. The van der Waals surface area contributed by atoms with Crippen LogP contribution in [0.2, 0.25) is 0 Å². The summed E-state index contributed by atoms with van der Waals surface area (Å²) in [6.07, 6.45) is -8.38. The summed E-state index contributed by atoms with van der Waals surface area (Å²) in [6.45, 7) is 11.7. The molecule has 15 nitrogen and oxygen atoms in total. The quantitative estimate of drug-likeness (QED) is 0.0997. The van der Waals surface area contributed by atoms with E-state index >= 15 is 0 Å². The van der Waals surface area contributed by atoms with Crippen molar-refractivity contribution in [3.8, 4) is 0 Å². The van der Waals surface area contributed by atoms with Crippen LogP contribution in [0.15, 0.2) is 11.6 Å². The van der Waals surface area contributed by atoms with Crippen LogP contribution in [-0.2, 0) is 28.5 Å². The SMILES string of the molecule is C[C@H]1[C@H](C)CC[C@]2(C(=O)O[C@@H]3O[C@H](CO)[C@@H](O)[C@H](O)[C@H]3O)CC[C@]3(C(=O)O)C(=CC[C@@H]4[C@@]5(C)CC[C@H](O[C@@H]6O[C@H](CO)[C@@H](O)[C@H](O)[C@H]6O)C(C)(C)[C@H]5CC[C@]43C)[C@@H]12. The van der Waals surface area contributed by atoms with E-state index in [9.17, 15) is 55.5 Å². The second-order valence-electron chi connectivity index (χ2n) is 20.0. The van der Waals surface area contributed by atoms with Gasteiger partial charge in [-0.25, -0.2) is 0 Å². The third-order valence-electron chi connectivity index (χ3n) is 17.4. The maximum Gasteiger partial charge on any atom is 0.315 e. The summed E-state index contributed by atoms with van der Waals surface area (Å²) in [7, 11) is 0. The number of rotatable bonds is 7. The van der Waals surface area contributed by atoms with Crippen LogP contribution in [0.1, 0.15) is 99.3 Å². The number of esters is 1. The Morgan fingerprint density at radius 3 is 1.93 bits per heavy atom. The minimum Gasteiger partial charge on any atom is -0.481 e. The van der Waals surface area contributed by atoms with Gasteiger partial charge in [-0.2, -0.15) is 0 Å². The highest BCUT2D eigenvalue weighted by Gasteiger charge is 2.74. The number of aliphatic hydroxyl groups is 8. The van der Waals surface area contributed by atoms with E-state index in [2.05, 4.69) is 47.6 Å². The molecule has 6 fully saturated rings. The van der Waals surface area contributed by atoms with Gasteiger partial charge < -0.3 is 64.9 Å². The molecule has 0 aromatic carbocycles. The molecule has 0 aromatic rings. The molecule has 0 bridgehead atoms. The Morgan fingerprint density at radius 1 is 0.737 bits per heavy atom. The number of carbonyl (C=O) groups excluding carboxylic acids is 1. The Labute approximate surface area is 334 Å². The van der Waals surface area contributed by atoms with Crippen LogP contribution in [0.25, 0.3) is 0 Å². The van der Waals surface area contributed by atoms with Crippen LogP contribution < -0.4 is 0 Å². The molecule has 0 aromatic heterocycles. The summed E-state index contributed by atoms with van der Waals surface area (Å²) in [5.74, 6) is -1.90. The maximum atomic E-state index is 14.6. The molecule has 2 saturated heterocycles. The van der Waals surface area contributed by atoms with Crippen LogP contribution in [0, 0.1) is 56.7 Å². The summed E-state index contributed by atoms with van der Waals surface area (Å²) in [6, 6.07) is 0. The zero-order valence-corrected chi connectivity index (χ0v) is 34.1. The van der Waals surface area contributed by atoms with Crippen molar-refractivity contribution in [3.63, 3.8) is 0 Å². The molecule has 9 N–H and O–H groups in total. The molecular weight excluding hydrogens is 744 g/mol. The lowest BCUT2D eigenvalue weighted by Crippen LogP contribution is -2.68. The molecule has 0 unspecified atom stereocenters. The third-order valence-corrected chi connectivity index (χ3v) is 17.4. The van der Waals surface area contributed by atoms with E-state index in [-0.39, 0.29) is 41.9 Å². The highest BCUT2D eigenvalue weighted by molar-refractivity contribution is 5.85. The molecule has 0 amide bonds. The summed E-state index contributed by atoms with van der Waals surface area (Å²) in [5.41, 5.74) is -3.12. The van der Waals surface area contributed by atoms with E-state index in [0.29, 0.717) is 44.9 Å². The number of fused-ring (bicyclic) bond motifs is 7. The number of hydrogen-bond donors (Lipinski definition) is 9. The molecule has 57 heavy (non-hydrogen) atoms. The normalized spacial score (nSPS) is 53.3. The Hall–Kier alpha value is -1.76. The fourth-order valence-electron chi connectivity index (χ4n) is 13.9. The lowest BCUT2D eigenvalue weighted by Gasteiger charge is -2.70. The van der Waals surface area contributed by atoms with Crippen LogP contribution in [0.5, 0.6) is 0 Å². The van der Waals surface area contributed by atoms with Gasteiger partial charge in [-0.05, 0) is 104 Å². The van der Waals surface area contributed by atoms with E-state index in [0.717, 1.165) is 5.57 Å². The molecule has 324 valence electrons. The number of carboxylic acids is 1. The van der Waals surface area contributed by atoms with Crippen LogP contribution in [0.3, 0.4) is 0 Å². The average molecular weight is 811 g/mol. The average Bonchev–Trinajstić information content (AvgIpc) is 3.16. The van der Waals surface area contributed by atoms with Gasteiger partial charge in [-0.1, -0.05) is 53.2 Å². The number of aliphatic carboxylic acids is 1. The number of carboxylic acid groups (broad SMARTS) is 1. The smallest absolute Gasteiger partial charge is 0.315 e. The molecule has 15 heteroatoms. The first-order valence-corrected chi connectivity index (χ1v) is 21.1. The molecule has 7 aliphatic rings. The van der Waals surface area contributed by atoms with E-state index in [1.165, 1.54) is 0 Å². The Bertz CT molecular complexity index is 1570. The van der Waals surface area contributed by atoms with Crippen molar-refractivity contribution in [2.45, 2.75) is 167 Å². The van der Waals surface area contributed by atoms with Gasteiger partial charge in [0.05, 0.1) is 30.1 Å². The summed E-state index contributed by atoms with van der Waals surface area (Å²) in [4.78, 5) is 28.8. The highest BCUT2D eigenvalue weighted by Crippen LogP contribution is 2.76. The van der Waals surface area contributed by atoms with Gasteiger partial charge in [-0.3, -0.25) is 9.59 Å². The second kappa shape index (κ2) is 15.0. The standard InChI is InChI=1S/C42H66O15/c1-19-9-14-41(37(53)57-35-33(50)31(48)29(46)23(18-44)55-35)15-16-42(36(51)52)21(27(41)20(19)2)7-8-25-39(5)12-11-26(38(3,4)24(39)10-13-40(25,42)6)56-34-32(49)30(47)28(45)22(17-43)54-34/h7,19-20,22-35,43-50H,8-18H2,1-6H3,(H,51,52)/t19-,20+,22-,23-,24-,25-,26+,27-,28-,29-,30+,31+,32-,33-,34+,35+,39+,40-,41+,42-/m1/s1. The Balaban J connectivity index is 1.20. The largest absolute Gasteiger partial charge is 0.481 e. The van der Waals surface area contributed by atoms with Crippen LogP contribution in [0.4, 0.5) is 0 Å². The van der Waals surface area contributed by atoms with Crippen LogP contribution in [-0.4, -0.2) is 139 Å². The monoisotopic (exact) mass is 810 g/mol. The maximum absolute atomic E-state index is 14.6. The first kappa shape index (κ1) is 43.3. The van der Waals surface area contributed by atoms with E-state index < -0.39 is 120 Å². The zero-order valence-electron chi connectivity index (χ0n) is 34.1. The number of hydrogen-bond acceptors (Lipinski definition) is 14. The number of allylic oxidation sites excluding steroid dienone is 1. The van der Waals surface area contributed by atoms with Gasteiger partial charge in [0.15, 0.2) is 6.29 Å². The van der Waals surface area contributed by atoms with Crippen molar-refractivity contribution >= 4 is 11.9 Å². The molecule has 20 atom stereocenters. The van der Waals surface area contributed by atoms with E-state index in [4.69, 9.17) is 18.9 Å². The minimum absolute atomic E-state index is 0.0408. The molecule has 4 saturated carbocycles. The summed E-state index contributed by atoms with van der Waals surface area (Å²) >= 11 is 0. The van der Waals surface area contributed by atoms with E-state index in [1.807, 2.05) is 0 Å². The zero-order chi connectivity index (χ0) is 41.8. The number of aliphatic hydroxyl groups excluding tert-OH is 8. The number of carbonyl (C=O) groups is 2. The van der Waals surface area contributed by atoms with Gasteiger partial charge in [0.2, 0.25) is 6.29 Å². The minimum atomic E-state index is -1.75. The first-order chi connectivity index (χ1) is 26.7. The summed E-state index contributed by atoms with van der Waals surface area (Å²) < 4.78 is 23.7. The van der Waals surface area contributed by atoms with Crippen molar-refractivity contribution < 1.29 is 74.5 Å². The fraction of sp³-hybridized carbons (Fsp3) is 0.905. The van der Waals surface area contributed by atoms with Gasteiger partial charge in [0.25, 0.3) is 0 Å². The van der Waals surface area contributed by atoms with Gasteiger partial charge in [0, 0.05) is 0 Å². The van der Waals surface area contributed by atoms with Crippen molar-refractivity contribution in [3.05, 3.63) is 11.6 Å². The van der Waals surface area contributed by atoms with Crippen LogP contribution >= 0.6 is 0 Å². The Morgan fingerprint density at radius 2 is 1.33 bits per heavy atom. The van der Waals surface area contributed by atoms with Crippen molar-refractivity contribution in [1.82, 2.24) is 0 Å². The van der Waals surface area contributed by atoms with Crippen molar-refractivity contribution in [2.75, 3.05) is 13.2 Å². The van der Waals surface area contributed by atoms with Crippen molar-refractivity contribution in [1.29, 1.82) is 0 Å². The first-order valence-electron chi connectivity index (χ1n) is 21.1. The topological polar surface area (TPSA) is 253 Å². The van der Waals surface area contributed by atoms with E-state index in [1.54, 1.807) is 0 Å². The van der Waals surface area contributed by atoms with Crippen molar-refractivity contribution in [2.24, 2.45) is 56.7 Å². The Kier molecular flexibility index (Phi) is 11.4. The molecule has 0 spiro atoms. The van der Waals surface area contributed by atoms with Gasteiger partial charge >= 0.3 is 11.9 Å². The molecule has 5 aliphatic carbocycles. The molecule has 2 heterocycles. The second-order valence-corrected chi connectivity index (χ2v) is 20.0. The van der Waals surface area contributed by atoms with Gasteiger partial charge in [0.1, 0.15) is 48.8 Å². The number of ether oxygens (including phenoxy) is 4. The molecular formula is C42H66O15. The lowest BCUT2D eigenvalue weighted by molar-refractivity contribution is -0.330. The van der Waals surface area contributed by atoms with Gasteiger partial charge in [-0.15, -0.1) is 0 Å².